The zero-order chi connectivity index (χ0) is 13.2. The fourth-order valence-electron chi connectivity index (χ4n) is 2.11. The molecule has 18 heavy (non-hydrogen) atoms. The predicted octanol–water partition coefficient (Wildman–Crippen LogP) is 3.01. The van der Waals surface area contributed by atoms with Crippen molar-refractivity contribution in [3.8, 4) is 0 Å². The van der Waals surface area contributed by atoms with Crippen LogP contribution in [0.3, 0.4) is 0 Å². The van der Waals surface area contributed by atoms with E-state index in [2.05, 4.69) is 12.2 Å². The molecule has 0 aliphatic heterocycles. The molecule has 1 saturated carbocycles. The molecule has 1 aromatic carbocycles. The highest BCUT2D eigenvalue weighted by Crippen LogP contribution is 2.47. The first-order valence-electron chi connectivity index (χ1n) is 6.20. The maximum atomic E-state index is 13.4. The van der Waals surface area contributed by atoms with Crippen LogP contribution in [0, 0.1) is 21.3 Å². The van der Waals surface area contributed by atoms with Gasteiger partial charge in [0.1, 0.15) is 0 Å². The summed E-state index contributed by atoms with van der Waals surface area (Å²) in [5, 5.41) is 13.8. The molecule has 5 heteroatoms. The Balaban J connectivity index is 1.90. The van der Waals surface area contributed by atoms with Gasteiger partial charge >= 0.3 is 5.69 Å². The number of halogens is 1. The van der Waals surface area contributed by atoms with Crippen molar-refractivity contribution in [2.45, 2.75) is 32.7 Å². The largest absolute Gasteiger partial charge is 0.312 e. The number of hydrogen-bond acceptors (Lipinski definition) is 3. The van der Waals surface area contributed by atoms with Crippen LogP contribution < -0.4 is 5.32 Å². The van der Waals surface area contributed by atoms with Crippen LogP contribution in [0.1, 0.15) is 31.7 Å². The minimum atomic E-state index is -0.768. The molecule has 1 N–H and O–H groups in total. The molecule has 0 aromatic heterocycles. The lowest BCUT2D eigenvalue weighted by Gasteiger charge is -2.13. The van der Waals surface area contributed by atoms with Gasteiger partial charge in [-0.3, -0.25) is 10.1 Å². The summed E-state index contributed by atoms with van der Waals surface area (Å²) in [6, 6.07) is 4.05. The van der Waals surface area contributed by atoms with Gasteiger partial charge in [0.15, 0.2) is 0 Å². The molecule has 0 atom stereocenters. The van der Waals surface area contributed by atoms with Gasteiger partial charge in [-0.1, -0.05) is 13.0 Å². The van der Waals surface area contributed by atoms with E-state index in [9.17, 15) is 14.5 Å². The Morgan fingerprint density at radius 1 is 1.50 bits per heavy atom. The molecule has 4 nitrogen and oxygen atoms in total. The summed E-state index contributed by atoms with van der Waals surface area (Å²) in [5.41, 5.74) is 0.718. The lowest BCUT2D eigenvalue weighted by atomic mass is 10.0. The first-order valence-corrected chi connectivity index (χ1v) is 6.20. The van der Waals surface area contributed by atoms with E-state index in [0.29, 0.717) is 12.0 Å². The third-order valence-electron chi connectivity index (χ3n) is 3.75. The van der Waals surface area contributed by atoms with Crippen molar-refractivity contribution in [1.29, 1.82) is 0 Å². The second kappa shape index (κ2) is 5.02. The highest BCUT2D eigenvalue weighted by molar-refractivity contribution is 5.34. The maximum Gasteiger partial charge on any atom is 0.304 e. The second-order valence-electron chi connectivity index (χ2n) is 5.00. The van der Waals surface area contributed by atoms with Crippen LogP contribution in [0.25, 0.3) is 0 Å². The van der Waals surface area contributed by atoms with E-state index in [1.165, 1.54) is 25.0 Å². The Bertz CT molecular complexity index is 458. The third-order valence-corrected chi connectivity index (χ3v) is 3.75. The Hall–Kier alpha value is -1.49. The van der Waals surface area contributed by atoms with Crippen LogP contribution in [0.2, 0.25) is 0 Å². The van der Waals surface area contributed by atoms with E-state index in [1.54, 1.807) is 6.07 Å². The molecular formula is C13H17FN2O2. The Labute approximate surface area is 105 Å². The average molecular weight is 252 g/mol. The molecule has 0 unspecified atom stereocenters. The molecular weight excluding hydrogens is 235 g/mol. The molecule has 1 aromatic rings. The molecule has 0 saturated heterocycles. The number of nitrogens with one attached hydrogen (secondary N) is 1. The van der Waals surface area contributed by atoms with Gasteiger partial charge in [0, 0.05) is 19.2 Å². The SMILES string of the molecule is CCC1(CNCc2ccc([N+](=O)[O-])c(F)c2)CC1. The van der Waals surface area contributed by atoms with Crippen molar-refractivity contribution >= 4 is 5.69 Å². The summed E-state index contributed by atoms with van der Waals surface area (Å²) < 4.78 is 13.4. The van der Waals surface area contributed by atoms with E-state index in [4.69, 9.17) is 0 Å². The normalized spacial score (nSPS) is 16.6. The molecule has 2 rings (SSSR count). The zero-order valence-electron chi connectivity index (χ0n) is 10.4. The van der Waals surface area contributed by atoms with E-state index in [-0.39, 0.29) is 0 Å². The highest BCUT2D eigenvalue weighted by atomic mass is 19.1. The minimum Gasteiger partial charge on any atom is -0.312 e. The average Bonchev–Trinajstić information content (AvgIpc) is 3.09. The van der Waals surface area contributed by atoms with Gasteiger partial charge in [-0.2, -0.15) is 4.39 Å². The Kier molecular flexibility index (Phi) is 3.61. The van der Waals surface area contributed by atoms with Crippen LogP contribution in [0.5, 0.6) is 0 Å². The first kappa shape index (κ1) is 13.0. The van der Waals surface area contributed by atoms with Gasteiger partial charge in [0.25, 0.3) is 0 Å². The summed E-state index contributed by atoms with van der Waals surface area (Å²) in [7, 11) is 0. The van der Waals surface area contributed by atoms with E-state index in [1.807, 2.05) is 0 Å². The van der Waals surface area contributed by atoms with Crippen LogP contribution in [0.15, 0.2) is 18.2 Å². The standard InChI is InChI=1S/C13H17FN2O2/c1-2-13(5-6-13)9-15-8-10-3-4-12(16(17)18)11(14)7-10/h3-4,7,15H,2,5-6,8-9H2,1H3. The van der Waals surface area contributed by atoms with Crippen LogP contribution in [0.4, 0.5) is 10.1 Å². The molecule has 0 heterocycles. The Morgan fingerprint density at radius 3 is 2.72 bits per heavy atom. The number of rotatable bonds is 6. The number of nitro groups is 1. The van der Waals surface area contributed by atoms with Crippen LogP contribution in [-0.4, -0.2) is 11.5 Å². The number of nitrogens with zero attached hydrogens (tertiary/aromatic N) is 1. The molecule has 0 radical (unpaired) electrons. The molecule has 0 amide bonds. The second-order valence-corrected chi connectivity index (χ2v) is 5.00. The van der Waals surface area contributed by atoms with Gasteiger partial charge in [0.2, 0.25) is 5.82 Å². The molecule has 98 valence electrons. The van der Waals surface area contributed by atoms with Crippen molar-refractivity contribution in [2.24, 2.45) is 5.41 Å². The van der Waals surface area contributed by atoms with E-state index in [0.717, 1.165) is 18.5 Å². The van der Waals surface area contributed by atoms with Gasteiger partial charge in [0.05, 0.1) is 4.92 Å². The molecule has 1 fully saturated rings. The summed E-state index contributed by atoms with van der Waals surface area (Å²) in [6.45, 7) is 3.67. The van der Waals surface area contributed by atoms with E-state index >= 15 is 0 Å². The smallest absolute Gasteiger partial charge is 0.304 e. The van der Waals surface area contributed by atoms with Crippen molar-refractivity contribution in [3.05, 3.63) is 39.7 Å². The van der Waals surface area contributed by atoms with Gasteiger partial charge < -0.3 is 5.32 Å². The molecule has 1 aliphatic rings. The third kappa shape index (κ3) is 2.85. The summed E-state index contributed by atoms with van der Waals surface area (Å²) in [4.78, 5) is 9.77. The predicted molar refractivity (Wildman–Crippen MR) is 66.7 cm³/mol. The monoisotopic (exact) mass is 252 g/mol. The van der Waals surface area contributed by atoms with E-state index < -0.39 is 16.4 Å². The van der Waals surface area contributed by atoms with Gasteiger partial charge in [-0.25, -0.2) is 0 Å². The van der Waals surface area contributed by atoms with Crippen molar-refractivity contribution in [1.82, 2.24) is 5.32 Å². The zero-order valence-corrected chi connectivity index (χ0v) is 10.4. The fourth-order valence-corrected chi connectivity index (χ4v) is 2.11. The number of benzene rings is 1. The summed E-state index contributed by atoms with van der Waals surface area (Å²) >= 11 is 0. The van der Waals surface area contributed by atoms with Crippen molar-refractivity contribution in [3.63, 3.8) is 0 Å². The fraction of sp³-hybridized carbons (Fsp3) is 0.538. The lowest BCUT2D eigenvalue weighted by molar-refractivity contribution is -0.387. The Morgan fingerprint density at radius 2 is 2.22 bits per heavy atom. The van der Waals surface area contributed by atoms with Gasteiger partial charge in [-0.15, -0.1) is 0 Å². The molecule has 0 bridgehead atoms. The topological polar surface area (TPSA) is 55.2 Å². The number of hydrogen-bond donors (Lipinski definition) is 1. The van der Waals surface area contributed by atoms with Crippen molar-refractivity contribution in [2.75, 3.05) is 6.54 Å². The molecule has 0 spiro atoms. The van der Waals surface area contributed by atoms with Gasteiger partial charge in [-0.05, 0) is 36.3 Å². The van der Waals surface area contributed by atoms with Crippen LogP contribution in [-0.2, 0) is 6.54 Å². The first-order chi connectivity index (χ1) is 8.56. The lowest BCUT2D eigenvalue weighted by Crippen LogP contribution is -2.23. The quantitative estimate of drug-likeness (QED) is 0.625. The maximum absolute atomic E-state index is 13.4. The highest BCUT2D eigenvalue weighted by Gasteiger charge is 2.39. The van der Waals surface area contributed by atoms with Crippen LogP contribution >= 0.6 is 0 Å². The summed E-state index contributed by atoms with van der Waals surface area (Å²) in [5.74, 6) is -0.768. The number of nitro benzene ring substituents is 1. The molecule has 1 aliphatic carbocycles. The summed E-state index contributed by atoms with van der Waals surface area (Å²) in [6.07, 6.45) is 3.67. The van der Waals surface area contributed by atoms with Crippen molar-refractivity contribution < 1.29 is 9.31 Å². The minimum absolute atomic E-state index is 0.444.